The number of nitrogens with one attached hydrogen (secondary N) is 1. The predicted molar refractivity (Wildman–Crippen MR) is 108 cm³/mol. The molecule has 0 spiro atoms. The summed E-state index contributed by atoms with van der Waals surface area (Å²) in [5, 5.41) is 4.90. The quantitative estimate of drug-likeness (QED) is 0.744. The van der Waals surface area contributed by atoms with Crippen molar-refractivity contribution in [2.24, 2.45) is 0 Å². The Bertz CT molecular complexity index is 948. The largest absolute Gasteiger partial charge is 0.367 e. The molecule has 3 aromatic rings. The predicted octanol–water partition coefficient (Wildman–Crippen LogP) is 3.95. The summed E-state index contributed by atoms with van der Waals surface area (Å²) in [4.78, 5) is 20.9. The van der Waals surface area contributed by atoms with E-state index in [9.17, 15) is 9.18 Å². The number of urea groups is 1. The van der Waals surface area contributed by atoms with Crippen molar-refractivity contribution in [2.45, 2.75) is 6.92 Å². The number of aromatic nitrogens is 1. The zero-order chi connectivity index (χ0) is 18.8. The number of amides is 2. The summed E-state index contributed by atoms with van der Waals surface area (Å²) in [6, 6.07) is 10.5. The molecule has 1 fully saturated rings. The Morgan fingerprint density at radius 2 is 1.93 bits per heavy atom. The molecular weight excluding hydrogens is 363 g/mol. The fourth-order valence-corrected chi connectivity index (χ4v) is 4.23. The third-order valence-corrected chi connectivity index (χ3v) is 5.69. The third kappa shape index (κ3) is 3.60. The maximum Gasteiger partial charge on any atom is 0.317 e. The second-order valence-electron chi connectivity index (χ2n) is 6.48. The number of piperazine rings is 1. The van der Waals surface area contributed by atoms with E-state index >= 15 is 0 Å². The number of pyridine rings is 1. The van der Waals surface area contributed by atoms with Gasteiger partial charge in [-0.2, -0.15) is 0 Å². The molecule has 140 valence electrons. The van der Waals surface area contributed by atoms with Gasteiger partial charge in [0.25, 0.3) is 0 Å². The van der Waals surface area contributed by atoms with E-state index in [0.29, 0.717) is 19.6 Å². The number of nitrogens with zero attached hydrogens (tertiary/aromatic N) is 3. The number of fused-ring (bicyclic) bond motifs is 1. The zero-order valence-electron chi connectivity index (χ0n) is 15.1. The molecule has 0 atom stereocenters. The van der Waals surface area contributed by atoms with Crippen LogP contribution in [-0.2, 0) is 0 Å². The van der Waals surface area contributed by atoms with Gasteiger partial charge in [0.2, 0.25) is 0 Å². The van der Waals surface area contributed by atoms with Gasteiger partial charge >= 0.3 is 6.03 Å². The fourth-order valence-electron chi connectivity index (χ4n) is 3.36. The molecule has 1 saturated heterocycles. The van der Waals surface area contributed by atoms with Gasteiger partial charge in [-0.3, -0.25) is 0 Å². The number of benzene rings is 1. The lowest BCUT2D eigenvalue weighted by atomic mass is 10.1. The Hall–Kier alpha value is -2.67. The summed E-state index contributed by atoms with van der Waals surface area (Å²) in [6.45, 7) is 5.49. The monoisotopic (exact) mass is 384 g/mol. The van der Waals surface area contributed by atoms with Crippen LogP contribution in [0.2, 0.25) is 0 Å². The number of hydrogen-bond donors (Lipinski definition) is 1. The van der Waals surface area contributed by atoms with E-state index in [4.69, 9.17) is 4.98 Å². The van der Waals surface area contributed by atoms with Crippen molar-refractivity contribution in [1.82, 2.24) is 15.2 Å². The van der Waals surface area contributed by atoms with Crippen LogP contribution in [0.1, 0.15) is 6.92 Å². The van der Waals surface area contributed by atoms with Gasteiger partial charge in [0.15, 0.2) is 0 Å². The van der Waals surface area contributed by atoms with Crippen LogP contribution in [-0.4, -0.2) is 48.6 Å². The van der Waals surface area contributed by atoms with Gasteiger partial charge in [-0.15, -0.1) is 11.3 Å². The molecule has 27 heavy (non-hydrogen) atoms. The van der Waals surface area contributed by atoms with Gasteiger partial charge in [-0.25, -0.2) is 14.2 Å². The average molecular weight is 384 g/mol. The van der Waals surface area contributed by atoms with Crippen molar-refractivity contribution in [3.8, 4) is 11.3 Å². The van der Waals surface area contributed by atoms with Gasteiger partial charge in [0.1, 0.15) is 5.82 Å². The average Bonchev–Trinajstić information content (AvgIpc) is 3.17. The van der Waals surface area contributed by atoms with Crippen LogP contribution in [0, 0.1) is 5.82 Å². The molecule has 0 radical (unpaired) electrons. The summed E-state index contributed by atoms with van der Waals surface area (Å²) >= 11 is 1.67. The lowest BCUT2D eigenvalue weighted by molar-refractivity contribution is 0.195. The summed E-state index contributed by atoms with van der Waals surface area (Å²) < 4.78 is 14.4. The SMILES string of the molecule is CCNC(=O)N1CCN(c2cc(-c3ccc(F)cc3)nc3ccsc23)CC1. The highest BCUT2D eigenvalue weighted by molar-refractivity contribution is 7.17. The van der Waals surface area contributed by atoms with E-state index in [-0.39, 0.29) is 11.8 Å². The Labute approximate surface area is 161 Å². The number of anilines is 1. The Morgan fingerprint density at radius 1 is 1.19 bits per heavy atom. The van der Waals surface area contributed by atoms with Crippen LogP contribution in [0.15, 0.2) is 41.8 Å². The van der Waals surface area contributed by atoms with Gasteiger partial charge in [0.05, 0.1) is 21.6 Å². The van der Waals surface area contributed by atoms with Crippen molar-refractivity contribution in [3.63, 3.8) is 0 Å². The molecule has 2 amide bonds. The van der Waals surface area contributed by atoms with E-state index in [1.807, 2.05) is 23.3 Å². The molecule has 3 heterocycles. The minimum absolute atomic E-state index is 0.000139. The summed E-state index contributed by atoms with van der Waals surface area (Å²) in [5.41, 5.74) is 3.81. The van der Waals surface area contributed by atoms with Gasteiger partial charge in [0, 0.05) is 38.3 Å². The Morgan fingerprint density at radius 3 is 2.63 bits per heavy atom. The molecule has 7 heteroatoms. The van der Waals surface area contributed by atoms with Gasteiger partial charge in [-0.05, 0) is 48.7 Å². The zero-order valence-corrected chi connectivity index (χ0v) is 15.9. The number of rotatable bonds is 3. The first-order valence-electron chi connectivity index (χ1n) is 9.07. The normalized spacial score (nSPS) is 14.6. The second kappa shape index (κ2) is 7.52. The number of thiophene rings is 1. The Kier molecular flexibility index (Phi) is 4.94. The third-order valence-electron chi connectivity index (χ3n) is 4.77. The van der Waals surface area contributed by atoms with E-state index in [1.54, 1.807) is 23.5 Å². The molecule has 1 N–H and O–H groups in total. The first-order chi connectivity index (χ1) is 13.2. The molecule has 0 aliphatic carbocycles. The van der Waals surface area contributed by atoms with Gasteiger partial charge in [-0.1, -0.05) is 0 Å². The molecule has 5 nitrogen and oxygen atoms in total. The molecule has 1 aliphatic heterocycles. The van der Waals surface area contributed by atoms with Crippen LogP contribution in [0.5, 0.6) is 0 Å². The first-order valence-corrected chi connectivity index (χ1v) is 9.95. The highest BCUT2D eigenvalue weighted by Gasteiger charge is 2.23. The van der Waals surface area contributed by atoms with E-state index in [2.05, 4.69) is 16.3 Å². The molecule has 0 saturated carbocycles. The van der Waals surface area contributed by atoms with E-state index in [0.717, 1.165) is 40.3 Å². The molecule has 0 unspecified atom stereocenters. The first kappa shape index (κ1) is 17.7. The van der Waals surface area contributed by atoms with E-state index in [1.165, 1.54) is 12.1 Å². The number of halogens is 1. The summed E-state index contributed by atoms with van der Waals surface area (Å²) in [5.74, 6) is -0.253. The van der Waals surface area contributed by atoms with Crippen LogP contribution >= 0.6 is 11.3 Å². The van der Waals surface area contributed by atoms with E-state index < -0.39 is 0 Å². The smallest absolute Gasteiger partial charge is 0.317 e. The molecule has 2 aromatic heterocycles. The van der Waals surface area contributed by atoms with Crippen LogP contribution in [0.4, 0.5) is 14.9 Å². The Balaban J connectivity index is 1.63. The number of carbonyl (C=O) groups excluding carboxylic acids is 1. The number of carbonyl (C=O) groups is 1. The number of hydrogen-bond acceptors (Lipinski definition) is 4. The fraction of sp³-hybridized carbons (Fsp3) is 0.300. The minimum atomic E-state index is -0.253. The highest BCUT2D eigenvalue weighted by atomic mass is 32.1. The summed E-state index contributed by atoms with van der Waals surface area (Å²) in [6.07, 6.45) is 0. The van der Waals surface area contributed by atoms with Crippen molar-refractivity contribution in [1.29, 1.82) is 0 Å². The van der Waals surface area contributed by atoms with Crippen LogP contribution < -0.4 is 10.2 Å². The van der Waals surface area contributed by atoms with Crippen molar-refractivity contribution in [2.75, 3.05) is 37.6 Å². The highest BCUT2D eigenvalue weighted by Crippen LogP contribution is 2.34. The topological polar surface area (TPSA) is 48.5 Å². The second-order valence-corrected chi connectivity index (χ2v) is 7.39. The summed E-state index contributed by atoms with van der Waals surface area (Å²) in [7, 11) is 0. The molecule has 0 bridgehead atoms. The molecule has 1 aliphatic rings. The van der Waals surface area contributed by atoms with Crippen molar-refractivity contribution in [3.05, 3.63) is 47.6 Å². The van der Waals surface area contributed by atoms with Gasteiger partial charge < -0.3 is 15.1 Å². The standard InChI is InChI=1S/C20H21FN4OS/c1-2-22-20(26)25-10-8-24(9-11-25)18-13-17(14-3-5-15(21)6-4-14)23-16-7-12-27-19(16)18/h3-7,12-13H,2,8-11H2,1H3,(H,22,26). The van der Waals surface area contributed by atoms with Crippen molar-refractivity contribution < 1.29 is 9.18 Å². The lowest BCUT2D eigenvalue weighted by Crippen LogP contribution is -2.51. The molecular formula is C20H21FN4OS. The van der Waals surface area contributed by atoms with Crippen molar-refractivity contribution >= 4 is 33.3 Å². The molecule has 1 aromatic carbocycles. The van der Waals surface area contributed by atoms with Crippen LogP contribution in [0.3, 0.4) is 0 Å². The lowest BCUT2D eigenvalue weighted by Gasteiger charge is -2.36. The maximum absolute atomic E-state index is 13.3. The van der Waals surface area contributed by atoms with Crippen LogP contribution in [0.25, 0.3) is 21.5 Å². The maximum atomic E-state index is 13.3. The molecule has 4 rings (SSSR count). The minimum Gasteiger partial charge on any atom is -0.367 e.